The molecule has 2 aromatic heterocycles. The van der Waals surface area contributed by atoms with E-state index < -0.39 is 0 Å². The molecule has 7 rings (SSSR count). The standard InChI is InChI=1S/C31H18ClN3O/c32-22-12-6-11-21(18-22)30-33-29(20-9-2-1-3-10-20)34-31(35-30)25-14-7-15-26-27(25)24-17-16-19-8-4-5-13-23(19)28(24)36-26/h1-18H. The van der Waals surface area contributed by atoms with Crippen molar-refractivity contribution in [2.24, 2.45) is 0 Å². The van der Waals surface area contributed by atoms with Crippen LogP contribution in [0.25, 0.3) is 66.9 Å². The lowest BCUT2D eigenvalue weighted by molar-refractivity contribution is 0.672. The molecule has 0 spiro atoms. The van der Waals surface area contributed by atoms with Crippen molar-refractivity contribution in [1.82, 2.24) is 15.0 Å². The minimum atomic E-state index is 0.566. The Kier molecular flexibility index (Phi) is 4.79. The molecule has 0 amide bonds. The lowest BCUT2D eigenvalue weighted by Crippen LogP contribution is -2.00. The van der Waals surface area contributed by atoms with Gasteiger partial charge in [0.2, 0.25) is 0 Å². The molecule has 7 aromatic rings. The van der Waals surface area contributed by atoms with E-state index in [9.17, 15) is 0 Å². The minimum absolute atomic E-state index is 0.566. The van der Waals surface area contributed by atoms with Gasteiger partial charge in [0.1, 0.15) is 11.2 Å². The van der Waals surface area contributed by atoms with Crippen LogP contribution in [0.1, 0.15) is 0 Å². The Labute approximate surface area is 211 Å². The normalized spacial score (nSPS) is 11.5. The molecule has 0 unspecified atom stereocenters. The molecule has 4 nitrogen and oxygen atoms in total. The van der Waals surface area contributed by atoms with Gasteiger partial charge in [-0.15, -0.1) is 0 Å². The lowest BCUT2D eigenvalue weighted by Gasteiger charge is -2.09. The molecule has 0 N–H and O–H groups in total. The van der Waals surface area contributed by atoms with Crippen molar-refractivity contribution in [3.05, 3.63) is 114 Å². The van der Waals surface area contributed by atoms with Crippen LogP contribution in [0.15, 0.2) is 114 Å². The van der Waals surface area contributed by atoms with Gasteiger partial charge in [-0.3, -0.25) is 0 Å². The first-order valence-corrected chi connectivity index (χ1v) is 12.0. The average Bonchev–Trinajstić information content (AvgIpc) is 3.33. The number of nitrogens with zero attached hydrogens (tertiary/aromatic N) is 3. The number of furan rings is 1. The molecule has 5 heteroatoms. The second kappa shape index (κ2) is 8.29. The predicted octanol–water partition coefficient (Wildman–Crippen LogP) is 8.58. The molecule has 0 aliphatic carbocycles. The zero-order valence-corrected chi connectivity index (χ0v) is 19.8. The van der Waals surface area contributed by atoms with Gasteiger partial charge in [-0.05, 0) is 29.7 Å². The minimum Gasteiger partial charge on any atom is -0.455 e. The van der Waals surface area contributed by atoms with E-state index in [1.165, 1.54) is 0 Å². The SMILES string of the molecule is Clc1cccc(-c2nc(-c3ccccc3)nc(-c3cccc4oc5c6ccccc6ccc5c34)n2)c1. The van der Waals surface area contributed by atoms with E-state index in [0.29, 0.717) is 22.5 Å². The highest BCUT2D eigenvalue weighted by atomic mass is 35.5. The summed E-state index contributed by atoms with van der Waals surface area (Å²) in [7, 11) is 0. The van der Waals surface area contributed by atoms with Gasteiger partial charge in [-0.2, -0.15) is 0 Å². The number of rotatable bonds is 3. The fourth-order valence-corrected chi connectivity index (χ4v) is 4.90. The highest BCUT2D eigenvalue weighted by molar-refractivity contribution is 6.30. The third kappa shape index (κ3) is 3.43. The molecule has 2 heterocycles. The van der Waals surface area contributed by atoms with E-state index in [1.54, 1.807) is 0 Å². The summed E-state index contributed by atoms with van der Waals surface area (Å²) in [5, 5.41) is 4.87. The zero-order chi connectivity index (χ0) is 24.1. The van der Waals surface area contributed by atoms with E-state index in [1.807, 2.05) is 84.9 Å². The van der Waals surface area contributed by atoms with Crippen LogP contribution in [0.2, 0.25) is 5.02 Å². The summed E-state index contributed by atoms with van der Waals surface area (Å²) < 4.78 is 6.38. The van der Waals surface area contributed by atoms with Gasteiger partial charge in [-0.1, -0.05) is 96.5 Å². The smallest absolute Gasteiger partial charge is 0.164 e. The molecule has 0 saturated heterocycles. The topological polar surface area (TPSA) is 51.8 Å². The summed E-state index contributed by atoms with van der Waals surface area (Å²) in [6.07, 6.45) is 0. The number of fused-ring (bicyclic) bond motifs is 5. The molecule has 0 saturated carbocycles. The summed E-state index contributed by atoms with van der Waals surface area (Å²) in [5.41, 5.74) is 4.30. The Bertz CT molecular complexity index is 1910. The van der Waals surface area contributed by atoms with E-state index in [0.717, 1.165) is 49.4 Å². The van der Waals surface area contributed by atoms with Crippen molar-refractivity contribution in [3.8, 4) is 34.2 Å². The first-order valence-electron chi connectivity index (χ1n) is 11.7. The molecular formula is C31H18ClN3O. The highest BCUT2D eigenvalue weighted by Crippen LogP contribution is 2.39. The van der Waals surface area contributed by atoms with Gasteiger partial charge in [0, 0.05) is 37.9 Å². The molecule has 36 heavy (non-hydrogen) atoms. The maximum absolute atomic E-state index is 6.38. The van der Waals surface area contributed by atoms with Crippen LogP contribution in [0, 0.1) is 0 Å². The summed E-state index contributed by atoms with van der Waals surface area (Å²) >= 11 is 6.30. The summed E-state index contributed by atoms with van der Waals surface area (Å²) in [6.45, 7) is 0. The lowest BCUT2D eigenvalue weighted by atomic mass is 10.0. The Morgan fingerprint density at radius 3 is 2.14 bits per heavy atom. The number of halogens is 1. The molecule has 0 aliphatic heterocycles. The van der Waals surface area contributed by atoms with E-state index in [2.05, 4.69) is 24.3 Å². The molecule has 0 aliphatic rings. The van der Waals surface area contributed by atoms with E-state index >= 15 is 0 Å². The molecule has 0 fully saturated rings. The quantitative estimate of drug-likeness (QED) is 0.252. The first-order chi connectivity index (χ1) is 17.7. The monoisotopic (exact) mass is 483 g/mol. The molecule has 5 aromatic carbocycles. The van der Waals surface area contributed by atoms with Gasteiger partial charge in [0.25, 0.3) is 0 Å². The zero-order valence-electron chi connectivity index (χ0n) is 19.0. The molecule has 0 bridgehead atoms. The first kappa shape index (κ1) is 20.8. The Morgan fingerprint density at radius 2 is 1.28 bits per heavy atom. The van der Waals surface area contributed by atoms with Gasteiger partial charge < -0.3 is 4.42 Å². The maximum Gasteiger partial charge on any atom is 0.164 e. The fourth-order valence-electron chi connectivity index (χ4n) is 4.71. The van der Waals surface area contributed by atoms with Crippen molar-refractivity contribution in [2.45, 2.75) is 0 Å². The molecule has 0 radical (unpaired) electrons. The van der Waals surface area contributed by atoms with Crippen LogP contribution in [0.5, 0.6) is 0 Å². The van der Waals surface area contributed by atoms with E-state index in [-0.39, 0.29) is 0 Å². The van der Waals surface area contributed by atoms with Crippen molar-refractivity contribution in [3.63, 3.8) is 0 Å². The fraction of sp³-hybridized carbons (Fsp3) is 0. The second-order valence-electron chi connectivity index (χ2n) is 8.63. The third-order valence-corrected chi connectivity index (χ3v) is 6.61. The van der Waals surface area contributed by atoms with Crippen molar-refractivity contribution < 1.29 is 4.42 Å². The number of aromatic nitrogens is 3. The summed E-state index contributed by atoms with van der Waals surface area (Å²) in [6, 6.07) is 36.0. The largest absolute Gasteiger partial charge is 0.455 e. The van der Waals surface area contributed by atoms with Crippen LogP contribution in [-0.4, -0.2) is 15.0 Å². The molecular weight excluding hydrogens is 466 g/mol. The van der Waals surface area contributed by atoms with Gasteiger partial charge >= 0.3 is 0 Å². The van der Waals surface area contributed by atoms with Crippen molar-refractivity contribution >= 4 is 44.3 Å². The molecule has 170 valence electrons. The average molecular weight is 484 g/mol. The van der Waals surface area contributed by atoms with Crippen LogP contribution >= 0.6 is 11.6 Å². The van der Waals surface area contributed by atoms with Crippen LogP contribution in [0.4, 0.5) is 0 Å². The Balaban J connectivity index is 1.53. The number of hydrogen-bond acceptors (Lipinski definition) is 4. The van der Waals surface area contributed by atoms with Crippen LogP contribution < -0.4 is 0 Å². The summed E-state index contributed by atoms with van der Waals surface area (Å²) in [4.78, 5) is 14.6. The highest BCUT2D eigenvalue weighted by Gasteiger charge is 2.18. The number of benzene rings is 5. The van der Waals surface area contributed by atoms with Crippen molar-refractivity contribution in [2.75, 3.05) is 0 Å². The van der Waals surface area contributed by atoms with Gasteiger partial charge in [0.15, 0.2) is 17.5 Å². The van der Waals surface area contributed by atoms with Crippen molar-refractivity contribution in [1.29, 1.82) is 0 Å². The van der Waals surface area contributed by atoms with E-state index in [4.69, 9.17) is 31.0 Å². The van der Waals surface area contributed by atoms with Crippen LogP contribution in [-0.2, 0) is 0 Å². The second-order valence-corrected chi connectivity index (χ2v) is 9.06. The van der Waals surface area contributed by atoms with Gasteiger partial charge in [-0.25, -0.2) is 15.0 Å². The number of hydrogen-bond donors (Lipinski definition) is 0. The Morgan fingerprint density at radius 1 is 0.556 bits per heavy atom. The third-order valence-electron chi connectivity index (χ3n) is 6.38. The maximum atomic E-state index is 6.38. The Hall–Kier alpha value is -4.54. The van der Waals surface area contributed by atoms with Gasteiger partial charge in [0.05, 0.1) is 0 Å². The predicted molar refractivity (Wildman–Crippen MR) is 146 cm³/mol. The summed E-state index contributed by atoms with van der Waals surface area (Å²) in [5.74, 6) is 1.75. The molecule has 0 atom stereocenters. The van der Waals surface area contributed by atoms with Crippen LogP contribution in [0.3, 0.4) is 0 Å².